The highest BCUT2D eigenvalue weighted by atomic mass is 32.1. The van der Waals surface area contributed by atoms with Crippen molar-refractivity contribution in [2.45, 2.75) is 26.7 Å². The third-order valence-corrected chi connectivity index (χ3v) is 6.20. The van der Waals surface area contributed by atoms with Crippen molar-refractivity contribution in [2.24, 2.45) is 5.41 Å². The van der Waals surface area contributed by atoms with Gasteiger partial charge >= 0.3 is 0 Å². The van der Waals surface area contributed by atoms with Crippen LogP contribution in [0.5, 0.6) is 0 Å². The molecule has 0 radical (unpaired) electrons. The number of thiazole rings is 1. The average molecular weight is 434 g/mol. The topological polar surface area (TPSA) is 88.2 Å². The van der Waals surface area contributed by atoms with Crippen LogP contribution in [0.4, 0.5) is 5.13 Å². The Morgan fingerprint density at radius 2 is 1.68 bits per heavy atom. The van der Waals surface area contributed by atoms with E-state index in [1.54, 1.807) is 12.1 Å². The summed E-state index contributed by atoms with van der Waals surface area (Å²) in [6.45, 7) is 3.89. The summed E-state index contributed by atoms with van der Waals surface area (Å²) in [6.07, 6.45) is 1.19. The Labute approximate surface area is 184 Å². The van der Waals surface area contributed by atoms with Crippen LogP contribution in [0.2, 0.25) is 0 Å². The maximum absolute atomic E-state index is 12.4. The summed E-state index contributed by atoms with van der Waals surface area (Å²) in [6, 6.07) is 17.1. The van der Waals surface area contributed by atoms with E-state index >= 15 is 0 Å². The van der Waals surface area contributed by atoms with Crippen molar-refractivity contribution in [3.8, 4) is 11.1 Å². The Balaban J connectivity index is 1.33. The standard InChI is InChI=1S/C24H23N3O3S/c1-24(2)12-18-21(19(28)13-24)31-23(26-18)27-20(29)14-25-22(30)17-10-8-16(9-11-17)15-6-4-3-5-7-15/h3-11H,12-14H2,1-2H3,(H,25,30)(H,26,27,29). The Morgan fingerprint density at radius 3 is 2.39 bits per heavy atom. The van der Waals surface area contributed by atoms with Gasteiger partial charge in [-0.2, -0.15) is 0 Å². The van der Waals surface area contributed by atoms with Crippen LogP contribution >= 0.6 is 11.3 Å². The summed E-state index contributed by atoms with van der Waals surface area (Å²) < 4.78 is 0. The zero-order valence-electron chi connectivity index (χ0n) is 17.4. The monoisotopic (exact) mass is 433 g/mol. The predicted octanol–water partition coefficient (Wildman–Crippen LogP) is 4.33. The Bertz CT molecular complexity index is 1130. The number of benzene rings is 2. The highest BCUT2D eigenvalue weighted by Gasteiger charge is 2.34. The van der Waals surface area contributed by atoms with Crippen LogP contribution in [0.15, 0.2) is 54.6 Å². The van der Waals surface area contributed by atoms with Gasteiger partial charge in [-0.25, -0.2) is 4.98 Å². The SMILES string of the molecule is CC1(C)CC(=O)c2sc(NC(=O)CNC(=O)c3ccc(-c4ccccc4)cc3)nc2C1. The van der Waals surface area contributed by atoms with Crippen molar-refractivity contribution in [1.29, 1.82) is 0 Å². The first-order chi connectivity index (χ1) is 14.8. The molecule has 3 aromatic rings. The molecule has 0 saturated heterocycles. The number of hydrogen-bond donors (Lipinski definition) is 2. The molecule has 1 aromatic heterocycles. The molecule has 0 spiro atoms. The van der Waals surface area contributed by atoms with Gasteiger partial charge in [-0.1, -0.05) is 67.6 Å². The zero-order chi connectivity index (χ0) is 22.0. The highest BCUT2D eigenvalue weighted by Crippen LogP contribution is 2.38. The summed E-state index contributed by atoms with van der Waals surface area (Å²) >= 11 is 1.20. The minimum atomic E-state index is -0.382. The maximum Gasteiger partial charge on any atom is 0.251 e. The van der Waals surface area contributed by atoms with Crippen molar-refractivity contribution < 1.29 is 14.4 Å². The molecular weight excluding hydrogens is 410 g/mol. The van der Waals surface area contributed by atoms with Crippen LogP contribution in [-0.4, -0.2) is 29.1 Å². The number of anilines is 1. The summed E-state index contributed by atoms with van der Waals surface area (Å²) in [4.78, 5) is 42.0. The lowest BCUT2D eigenvalue weighted by Gasteiger charge is -2.26. The molecule has 4 rings (SSSR count). The largest absolute Gasteiger partial charge is 0.343 e. The Morgan fingerprint density at radius 1 is 1.00 bits per heavy atom. The number of aromatic nitrogens is 1. The lowest BCUT2D eigenvalue weighted by molar-refractivity contribution is -0.115. The van der Waals surface area contributed by atoms with Gasteiger partial charge in [0.2, 0.25) is 5.91 Å². The van der Waals surface area contributed by atoms with Crippen molar-refractivity contribution in [3.05, 3.63) is 70.7 Å². The fourth-order valence-corrected chi connectivity index (χ4v) is 4.58. The third kappa shape index (κ3) is 4.88. The van der Waals surface area contributed by atoms with Gasteiger partial charge in [0.1, 0.15) is 0 Å². The molecule has 158 valence electrons. The van der Waals surface area contributed by atoms with Gasteiger partial charge in [0.05, 0.1) is 17.1 Å². The molecule has 0 unspecified atom stereocenters. The Hall–Kier alpha value is -3.32. The highest BCUT2D eigenvalue weighted by molar-refractivity contribution is 7.17. The number of Topliss-reactive ketones (excluding diaryl/α,β-unsaturated/α-hetero) is 1. The summed E-state index contributed by atoms with van der Waals surface area (Å²) in [5, 5.41) is 5.70. The first kappa shape index (κ1) is 20.9. The molecule has 1 aliphatic rings. The van der Waals surface area contributed by atoms with E-state index < -0.39 is 0 Å². The summed E-state index contributed by atoms with van der Waals surface area (Å²) in [5.41, 5.74) is 3.18. The predicted molar refractivity (Wildman–Crippen MR) is 121 cm³/mol. The molecule has 2 amide bonds. The second-order valence-electron chi connectivity index (χ2n) is 8.41. The average Bonchev–Trinajstić information content (AvgIpc) is 3.14. The van der Waals surface area contributed by atoms with Crippen LogP contribution in [-0.2, 0) is 11.2 Å². The van der Waals surface area contributed by atoms with Crippen molar-refractivity contribution >= 4 is 34.1 Å². The van der Waals surface area contributed by atoms with Gasteiger partial charge in [-0.15, -0.1) is 0 Å². The number of ketones is 1. The Kier molecular flexibility index (Phi) is 5.69. The van der Waals surface area contributed by atoms with Gasteiger partial charge in [-0.05, 0) is 35.1 Å². The molecule has 1 aliphatic carbocycles. The van der Waals surface area contributed by atoms with E-state index in [-0.39, 0.29) is 29.6 Å². The number of rotatable bonds is 5. The fraction of sp³-hybridized carbons (Fsp3) is 0.250. The molecule has 7 heteroatoms. The first-order valence-electron chi connectivity index (χ1n) is 10.1. The summed E-state index contributed by atoms with van der Waals surface area (Å²) in [5.74, 6) is -0.645. The van der Waals surface area contributed by atoms with E-state index in [1.165, 1.54) is 11.3 Å². The van der Waals surface area contributed by atoms with Gasteiger partial charge in [0.15, 0.2) is 10.9 Å². The molecular formula is C24H23N3O3S. The zero-order valence-corrected chi connectivity index (χ0v) is 18.2. The minimum absolute atomic E-state index is 0.0662. The van der Waals surface area contributed by atoms with E-state index in [1.807, 2.05) is 56.3 Å². The molecule has 0 aliphatic heterocycles. The second-order valence-corrected chi connectivity index (χ2v) is 9.41. The summed E-state index contributed by atoms with van der Waals surface area (Å²) in [7, 11) is 0. The van der Waals surface area contributed by atoms with Crippen LogP contribution in [0.1, 0.15) is 46.0 Å². The van der Waals surface area contributed by atoms with E-state index in [0.29, 0.717) is 28.4 Å². The van der Waals surface area contributed by atoms with Crippen molar-refractivity contribution in [1.82, 2.24) is 10.3 Å². The van der Waals surface area contributed by atoms with E-state index in [0.717, 1.165) is 16.8 Å². The quantitative estimate of drug-likeness (QED) is 0.627. The number of hydrogen-bond acceptors (Lipinski definition) is 5. The minimum Gasteiger partial charge on any atom is -0.343 e. The van der Waals surface area contributed by atoms with E-state index in [4.69, 9.17) is 0 Å². The van der Waals surface area contributed by atoms with E-state index in [9.17, 15) is 14.4 Å². The number of fused-ring (bicyclic) bond motifs is 1. The van der Waals surface area contributed by atoms with Crippen LogP contribution in [0.25, 0.3) is 11.1 Å². The van der Waals surface area contributed by atoms with Gasteiger partial charge < -0.3 is 10.6 Å². The molecule has 2 N–H and O–H groups in total. The first-order valence-corrected chi connectivity index (χ1v) is 10.9. The molecule has 6 nitrogen and oxygen atoms in total. The van der Waals surface area contributed by atoms with Gasteiger partial charge in [-0.3, -0.25) is 14.4 Å². The number of carbonyl (C=O) groups excluding carboxylic acids is 3. The number of carbonyl (C=O) groups is 3. The van der Waals surface area contributed by atoms with Crippen molar-refractivity contribution in [3.63, 3.8) is 0 Å². The molecule has 31 heavy (non-hydrogen) atoms. The normalized spacial score (nSPS) is 14.6. The number of amides is 2. The van der Waals surface area contributed by atoms with E-state index in [2.05, 4.69) is 15.6 Å². The molecule has 1 heterocycles. The maximum atomic E-state index is 12.4. The van der Waals surface area contributed by atoms with Crippen LogP contribution < -0.4 is 10.6 Å². The fourth-order valence-electron chi connectivity index (χ4n) is 3.64. The third-order valence-electron chi connectivity index (χ3n) is 5.15. The smallest absolute Gasteiger partial charge is 0.251 e. The van der Waals surface area contributed by atoms with Crippen LogP contribution in [0.3, 0.4) is 0 Å². The molecule has 0 fully saturated rings. The number of nitrogens with one attached hydrogen (secondary N) is 2. The molecule has 0 atom stereocenters. The number of nitrogens with zero attached hydrogens (tertiary/aromatic N) is 1. The molecule has 0 saturated carbocycles. The van der Waals surface area contributed by atoms with Gasteiger partial charge in [0.25, 0.3) is 5.91 Å². The van der Waals surface area contributed by atoms with Gasteiger partial charge in [0, 0.05) is 12.0 Å². The molecule has 2 aromatic carbocycles. The van der Waals surface area contributed by atoms with Crippen molar-refractivity contribution in [2.75, 3.05) is 11.9 Å². The lowest BCUT2D eigenvalue weighted by Crippen LogP contribution is -2.32. The molecule has 0 bridgehead atoms. The lowest BCUT2D eigenvalue weighted by atomic mass is 9.78. The second kappa shape index (κ2) is 8.43. The van der Waals surface area contributed by atoms with Crippen LogP contribution in [0, 0.1) is 5.41 Å².